The molecule has 1 atom stereocenters. The third-order valence-electron chi connectivity index (χ3n) is 4.53. The molecule has 1 amide bonds. The van der Waals surface area contributed by atoms with E-state index < -0.39 is 11.6 Å². The lowest BCUT2D eigenvalue weighted by Gasteiger charge is -2.37. The molecule has 0 spiro atoms. The fourth-order valence-electron chi connectivity index (χ4n) is 3.06. The highest BCUT2D eigenvalue weighted by molar-refractivity contribution is 5.89. The molecule has 2 fully saturated rings. The van der Waals surface area contributed by atoms with Crippen LogP contribution >= 0.6 is 0 Å². The summed E-state index contributed by atoms with van der Waals surface area (Å²) in [5, 5.41) is 10.7. The first-order chi connectivity index (χ1) is 11.6. The number of likely N-dealkylation sites (tertiary alicyclic amines) is 1. The molecule has 1 aromatic heterocycles. The fourth-order valence-corrected chi connectivity index (χ4v) is 3.06. The number of carbonyl (C=O) groups excluding carboxylic acids is 1. The van der Waals surface area contributed by atoms with Gasteiger partial charge in [0.25, 0.3) is 0 Å². The molecule has 1 N–H and O–H groups in total. The van der Waals surface area contributed by atoms with Crippen molar-refractivity contribution in [2.24, 2.45) is 0 Å². The van der Waals surface area contributed by atoms with Crippen molar-refractivity contribution in [3.8, 4) is 0 Å². The lowest BCUT2D eigenvalue weighted by Crippen LogP contribution is -2.46. The zero-order chi connectivity index (χ0) is 16.6. The summed E-state index contributed by atoms with van der Waals surface area (Å²) in [6.07, 6.45) is 3.13. The van der Waals surface area contributed by atoms with E-state index >= 15 is 4.39 Å². The van der Waals surface area contributed by atoms with Crippen molar-refractivity contribution < 1.29 is 13.6 Å². The minimum absolute atomic E-state index is 0.00358. The molecular formula is C17H19FN4O2. The zero-order valence-electron chi connectivity index (χ0n) is 13.2. The fraction of sp³-hybridized carbons (Fsp3) is 0.471. The van der Waals surface area contributed by atoms with Gasteiger partial charge in [-0.05, 0) is 31.2 Å². The van der Waals surface area contributed by atoms with Crippen LogP contribution in [0.5, 0.6) is 0 Å². The molecule has 126 valence electrons. The Bertz CT molecular complexity index is 731. The number of anilines is 1. The number of carbonyl (C=O) groups is 1. The van der Waals surface area contributed by atoms with Crippen LogP contribution in [0.4, 0.5) is 10.4 Å². The lowest BCUT2D eigenvalue weighted by molar-refractivity contribution is 0.0298. The van der Waals surface area contributed by atoms with Crippen LogP contribution < -0.4 is 5.32 Å². The van der Waals surface area contributed by atoms with Crippen molar-refractivity contribution in [1.29, 1.82) is 0 Å². The number of alkyl halides is 1. The lowest BCUT2D eigenvalue weighted by atomic mass is 9.87. The van der Waals surface area contributed by atoms with Gasteiger partial charge in [0, 0.05) is 12.6 Å². The van der Waals surface area contributed by atoms with E-state index in [2.05, 4.69) is 15.5 Å². The number of halogens is 1. The van der Waals surface area contributed by atoms with E-state index in [9.17, 15) is 4.79 Å². The molecule has 24 heavy (non-hydrogen) atoms. The van der Waals surface area contributed by atoms with Gasteiger partial charge in [-0.15, -0.1) is 5.10 Å². The standard InChI is InChI=1S/C17H19FN4O2/c18-17(12-5-2-1-3-6-12)9-4-10-22(11-17)15(23)14-20-21-16(24-14)19-13-7-8-13/h1-3,5-6,13H,4,7-11H2,(H,19,21). The molecule has 1 aliphatic carbocycles. The van der Waals surface area contributed by atoms with E-state index in [1.54, 1.807) is 12.1 Å². The molecule has 1 unspecified atom stereocenters. The van der Waals surface area contributed by atoms with Gasteiger partial charge in [-0.3, -0.25) is 4.79 Å². The van der Waals surface area contributed by atoms with Crippen molar-refractivity contribution in [3.05, 3.63) is 41.8 Å². The van der Waals surface area contributed by atoms with Crippen LogP contribution in [0.3, 0.4) is 0 Å². The SMILES string of the molecule is O=C(c1nnc(NC2CC2)o1)N1CCCC(F)(c2ccccc2)C1. The third kappa shape index (κ3) is 2.98. The van der Waals surface area contributed by atoms with Crippen molar-refractivity contribution in [3.63, 3.8) is 0 Å². The molecule has 0 bridgehead atoms. The van der Waals surface area contributed by atoms with Crippen molar-refractivity contribution >= 4 is 11.9 Å². The van der Waals surface area contributed by atoms with Crippen LogP contribution in [0.25, 0.3) is 0 Å². The van der Waals surface area contributed by atoms with Gasteiger partial charge >= 0.3 is 17.8 Å². The first-order valence-corrected chi connectivity index (χ1v) is 8.28. The van der Waals surface area contributed by atoms with Gasteiger partial charge in [0.05, 0.1) is 6.54 Å². The number of hydrogen-bond acceptors (Lipinski definition) is 5. The Morgan fingerprint density at radius 1 is 1.29 bits per heavy atom. The van der Waals surface area contributed by atoms with E-state index in [1.807, 2.05) is 18.2 Å². The van der Waals surface area contributed by atoms with Gasteiger partial charge < -0.3 is 14.6 Å². The van der Waals surface area contributed by atoms with Gasteiger partial charge in [0.1, 0.15) is 0 Å². The Labute approximate surface area is 139 Å². The van der Waals surface area contributed by atoms with Crippen LogP contribution in [0.2, 0.25) is 0 Å². The summed E-state index contributed by atoms with van der Waals surface area (Å²) < 4.78 is 20.7. The molecular weight excluding hydrogens is 311 g/mol. The maximum Gasteiger partial charge on any atom is 0.316 e. The molecule has 6 nitrogen and oxygen atoms in total. The van der Waals surface area contributed by atoms with Crippen LogP contribution in [-0.2, 0) is 5.67 Å². The summed E-state index contributed by atoms with van der Waals surface area (Å²) in [4.78, 5) is 14.0. The molecule has 4 rings (SSSR count). The molecule has 1 aromatic carbocycles. The zero-order valence-corrected chi connectivity index (χ0v) is 13.2. The quantitative estimate of drug-likeness (QED) is 0.933. The molecule has 1 aliphatic heterocycles. The second-order valence-corrected chi connectivity index (χ2v) is 6.49. The summed E-state index contributed by atoms with van der Waals surface area (Å²) in [6, 6.07) is 9.62. The minimum Gasteiger partial charge on any atom is -0.399 e. The number of benzene rings is 1. The normalized spacial score (nSPS) is 24.0. The van der Waals surface area contributed by atoms with Crippen LogP contribution in [0, 0.1) is 0 Å². The number of rotatable bonds is 4. The van der Waals surface area contributed by atoms with E-state index in [0.29, 0.717) is 31.0 Å². The van der Waals surface area contributed by atoms with Crippen molar-refractivity contribution in [2.75, 3.05) is 18.4 Å². The Kier molecular flexibility index (Phi) is 3.70. The highest BCUT2D eigenvalue weighted by Gasteiger charge is 2.40. The second-order valence-electron chi connectivity index (χ2n) is 6.49. The number of nitrogens with zero attached hydrogens (tertiary/aromatic N) is 3. The topological polar surface area (TPSA) is 71.3 Å². The number of nitrogens with one attached hydrogen (secondary N) is 1. The summed E-state index contributed by atoms with van der Waals surface area (Å²) in [5.74, 6) is -0.500. The van der Waals surface area contributed by atoms with E-state index in [1.165, 1.54) is 4.90 Å². The van der Waals surface area contributed by atoms with Crippen LogP contribution in [-0.4, -0.2) is 40.1 Å². The Morgan fingerprint density at radius 3 is 2.83 bits per heavy atom. The number of amides is 1. The minimum atomic E-state index is -1.54. The largest absolute Gasteiger partial charge is 0.399 e. The number of aromatic nitrogens is 2. The Balaban J connectivity index is 1.49. The summed E-state index contributed by atoms with van der Waals surface area (Å²) in [7, 11) is 0. The predicted molar refractivity (Wildman–Crippen MR) is 85.3 cm³/mol. The third-order valence-corrected chi connectivity index (χ3v) is 4.53. The Morgan fingerprint density at radius 2 is 2.08 bits per heavy atom. The molecule has 2 aliphatic rings. The smallest absolute Gasteiger partial charge is 0.316 e. The second kappa shape index (κ2) is 5.89. The average molecular weight is 330 g/mol. The molecule has 2 aromatic rings. The van der Waals surface area contributed by atoms with Gasteiger partial charge in [0.2, 0.25) is 0 Å². The highest BCUT2D eigenvalue weighted by Crippen LogP contribution is 2.36. The molecule has 0 radical (unpaired) electrons. The predicted octanol–water partition coefficient (Wildman–Crippen LogP) is 2.74. The first-order valence-electron chi connectivity index (χ1n) is 8.28. The highest BCUT2D eigenvalue weighted by atomic mass is 19.1. The summed E-state index contributed by atoms with van der Waals surface area (Å²) in [5.41, 5.74) is -0.936. The van der Waals surface area contributed by atoms with E-state index in [0.717, 1.165) is 12.8 Å². The van der Waals surface area contributed by atoms with Crippen molar-refractivity contribution in [2.45, 2.75) is 37.4 Å². The molecule has 1 saturated heterocycles. The average Bonchev–Trinajstić information content (AvgIpc) is 3.30. The van der Waals surface area contributed by atoms with Crippen LogP contribution in [0.1, 0.15) is 41.9 Å². The number of piperidine rings is 1. The van der Waals surface area contributed by atoms with Crippen LogP contribution in [0.15, 0.2) is 34.7 Å². The van der Waals surface area contributed by atoms with Gasteiger partial charge in [-0.2, -0.15) is 0 Å². The van der Waals surface area contributed by atoms with Gasteiger partial charge in [-0.1, -0.05) is 35.4 Å². The van der Waals surface area contributed by atoms with Gasteiger partial charge in [-0.25, -0.2) is 4.39 Å². The number of hydrogen-bond donors (Lipinski definition) is 1. The molecule has 1 saturated carbocycles. The van der Waals surface area contributed by atoms with Crippen molar-refractivity contribution in [1.82, 2.24) is 15.1 Å². The molecule has 2 heterocycles. The van der Waals surface area contributed by atoms with E-state index in [4.69, 9.17) is 4.42 Å². The maximum atomic E-state index is 15.3. The molecule has 7 heteroatoms. The Hall–Kier alpha value is -2.44. The first kappa shape index (κ1) is 15.1. The monoisotopic (exact) mass is 330 g/mol. The van der Waals surface area contributed by atoms with E-state index in [-0.39, 0.29) is 18.5 Å². The van der Waals surface area contributed by atoms with Gasteiger partial charge in [0.15, 0.2) is 5.67 Å². The summed E-state index contributed by atoms with van der Waals surface area (Å²) >= 11 is 0. The maximum absolute atomic E-state index is 15.3. The summed E-state index contributed by atoms with van der Waals surface area (Å²) in [6.45, 7) is 0.495.